The van der Waals surface area contributed by atoms with Crippen LogP contribution in [0.5, 0.6) is 0 Å². The number of unbranched alkanes of at least 4 members (excludes halogenated alkanes) is 8. The van der Waals surface area contributed by atoms with Crippen molar-refractivity contribution in [3.05, 3.63) is 28.5 Å². The summed E-state index contributed by atoms with van der Waals surface area (Å²) in [5.74, 6) is 0.841. The second kappa shape index (κ2) is 13.8. The smallest absolute Gasteiger partial charge is 0.353 e. The highest BCUT2D eigenvalue weighted by Crippen LogP contribution is 2.28. The van der Waals surface area contributed by atoms with E-state index in [1.54, 1.807) is 6.20 Å². The Morgan fingerprint density at radius 2 is 1.78 bits per heavy atom. The summed E-state index contributed by atoms with van der Waals surface area (Å²) in [7, 11) is 0. The molecular formula is C25H40N2O5. The number of nitrogens with zero attached hydrogens (tertiary/aromatic N) is 2. The van der Waals surface area contributed by atoms with E-state index in [4.69, 9.17) is 13.9 Å². The Bertz CT molecular complexity index is 846. The molecule has 3 heterocycles. The number of furan rings is 1. The molecule has 0 aromatic carbocycles. The highest BCUT2D eigenvalue weighted by Gasteiger charge is 2.27. The van der Waals surface area contributed by atoms with E-state index >= 15 is 0 Å². The summed E-state index contributed by atoms with van der Waals surface area (Å²) in [6, 6.07) is 1.96. The van der Waals surface area contributed by atoms with Crippen molar-refractivity contribution in [1.82, 2.24) is 9.55 Å². The first kappa shape index (κ1) is 24.9. The molecule has 1 fully saturated rings. The Balaban J connectivity index is 1.31. The number of rotatable bonds is 16. The summed E-state index contributed by atoms with van der Waals surface area (Å²) in [4.78, 5) is 16.4. The van der Waals surface area contributed by atoms with Gasteiger partial charge in [-0.05, 0) is 38.2 Å². The molecule has 3 rings (SSSR count). The monoisotopic (exact) mass is 448 g/mol. The predicted molar refractivity (Wildman–Crippen MR) is 125 cm³/mol. The van der Waals surface area contributed by atoms with Gasteiger partial charge in [0.1, 0.15) is 12.0 Å². The van der Waals surface area contributed by atoms with Crippen molar-refractivity contribution < 1.29 is 19.0 Å². The molecule has 2 aromatic heterocycles. The summed E-state index contributed by atoms with van der Waals surface area (Å²) >= 11 is 0. The van der Waals surface area contributed by atoms with E-state index in [2.05, 4.69) is 11.9 Å². The maximum absolute atomic E-state index is 12.3. The van der Waals surface area contributed by atoms with Crippen LogP contribution in [0.1, 0.15) is 96.0 Å². The number of fused-ring (bicyclic) bond motifs is 1. The molecule has 180 valence electrons. The standard InChI is InChI=1S/C25H40N2O5/c1-2-3-4-5-6-7-8-10-15-30-16-11-9-12-21-17-20-18-27(25(29)26-24(20)32-21)23-14-13-22(19-28)31-23/h17-18,22-23,28H,2-16,19H2,1H3/t22-,23+/m1/s1. The Labute approximate surface area is 191 Å². The third-order valence-electron chi connectivity index (χ3n) is 6.19. The van der Waals surface area contributed by atoms with Gasteiger partial charge in [0.05, 0.1) is 18.1 Å². The summed E-state index contributed by atoms with van der Waals surface area (Å²) < 4.78 is 18.8. The van der Waals surface area contributed by atoms with Gasteiger partial charge in [0, 0.05) is 25.8 Å². The van der Waals surface area contributed by atoms with Crippen LogP contribution in [0.3, 0.4) is 0 Å². The first-order valence-electron chi connectivity index (χ1n) is 12.6. The molecule has 32 heavy (non-hydrogen) atoms. The molecule has 1 N–H and O–H groups in total. The topological polar surface area (TPSA) is 86.7 Å². The summed E-state index contributed by atoms with van der Waals surface area (Å²) in [6.45, 7) is 3.87. The third kappa shape index (κ3) is 7.71. The van der Waals surface area contributed by atoms with Crippen LogP contribution >= 0.6 is 0 Å². The number of ether oxygens (including phenoxy) is 2. The van der Waals surface area contributed by atoms with E-state index in [-0.39, 0.29) is 24.6 Å². The first-order chi connectivity index (χ1) is 15.7. The minimum absolute atomic E-state index is 0.0282. The van der Waals surface area contributed by atoms with Crippen LogP contribution in [0, 0.1) is 0 Å². The summed E-state index contributed by atoms with van der Waals surface area (Å²) in [5, 5.41) is 10.0. The van der Waals surface area contributed by atoms with Crippen molar-refractivity contribution >= 4 is 11.1 Å². The quantitative estimate of drug-likeness (QED) is 0.358. The lowest BCUT2D eigenvalue weighted by atomic mass is 10.1. The largest absolute Gasteiger partial charge is 0.443 e. The molecule has 0 bridgehead atoms. The van der Waals surface area contributed by atoms with Gasteiger partial charge in [-0.25, -0.2) is 4.79 Å². The number of aryl methyl sites for hydroxylation is 1. The first-order valence-corrected chi connectivity index (χ1v) is 12.6. The minimum Gasteiger partial charge on any atom is -0.443 e. The van der Waals surface area contributed by atoms with Crippen LogP contribution in [-0.4, -0.2) is 40.6 Å². The second-order valence-electron chi connectivity index (χ2n) is 8.92. The lowest BCUT2D eigenvalue weighted by Crippen LogP contribution is -2.27. The maximum atomic E-state index is 12.3. The molecule has 7 nitrogen and oxygen atoms in total. The van der Waals surface area contributed by atoms with Crippen molar-refractivity contribution in [3.8, 4) is 0 Å². The van der Waals surface area contributed by atoms with Crippen molar-refractivity contribution in [3.63, 3.8) is 0 Å². The van der Waals surface area contributed by atoms with E-state index in [0.29, 0.717) is 12.1 Å². The molecule has 1 aliphatic rings. The predicted octanol–water partition coefficient (Wildman–Crippen LogP) is 5.14. The molecule has 0 unspecified atom stereocenters. The maximum Gasteiger partial charge on any atom is 0.353 e. The third-order valence-corrected chi connectivity index (χ3v) is 6.19. The second-order valence-corrected chi connectivity index (χ2v) is 8.92. The van der Waals surface area contributed by atoms with Gasteiger partial charge < -0.3 is 19.0 Å². The van der Waals surface area contributed by atoms with E-state index in [9.17, 15) is 9.90 Å². The number of aliphatic hydroxyl groups is 1. The Morgan fingerprint density at radius 1 is 1.06 bits per heavy atom. The zero-order valence-corrected chi connectivity index (χ0v) is 19.6. The fourth-order valence-corrected chi connectivity index (χ4v) is 4.28. The van der Waals surface area contributed by atoms with Gasteiger partial charge in [0.2, 0.25) is 5.71 Å². The minimum atomic E-state index is -0.378. The average Bonchev–Trinajstić information content (AvgIpc) is 3.42. The van der Waals surface area contributed by atoms with E-state index in [1.807, 2.05) is 6.07 Å². The average molecular weight is 449 g/mol. The van der Waals surface area contributed by atoms with Gasteiger partial charge in [0.25, 0.3) is 0 Å². The Hall–Kier alpha value is -1.70. The lowest BCUT2D eigenvalue weighted by Gasteiger charge is -2.14. The van der Waals surface area contributed by atoms with Gasteiger partial charge in [-0.3, -0.25) is 4.57 Å². The molecule has 0 amide bonds. The Morgan fingerprint density at radius 3 is 2.50 bits per heavy atom. The summed E-state index contributed by atoms with van der Waals surface area (Å²) in [6.07, 6.45) is 15.9. The summed E-state index contributed by atoms with van der Waals surface area (Å²) in [5.41, 5.74) is 0.000230. The highest BCUT2D eigenvalue weighted by atomic mass is 16.5. The van der Waals surface area contributed by atoms with Crippen molar-refractivity contribution in [2.24, 2.45) is 0 Å². The molecule has 2 atom stereocenters. The molecular weight excluding hydrogens is 408 g/mol. The zero-order valence-electron chi connectivity index (χ0n) is 19.6. The van der Waals surface area contributed by atoms with Gasteiger partial charge in [0.15, 0.2) is 0 Å². The van der Waals surface area contributed by atoms with E-state index in [1.165, 1.54) is 49.5 Å². The van der Waals surface area contributed by atoms with Crippen molar-refractivity contribution in [2.75, 3.05) is 19.8 Å². The van der Waals surface area contributed by atoms with E-state index < -0.39 is 0 Å². The van der Waals surface area contributed by atoms with Crippen molar-refractivity contribution in [2.45, 2.75) is 103 Å². The molecule has 1 aliphatic heterocycles. The zero-order chi connectivity index (χ0) is 22.6. The highest BCUT2D eigenvalue weighted by molar-refractivity contribution is 5.72. The van der Waals surface area contributed by atoms with Crippen molar-refractivity contribution in [1.29, 1.82) is 0 Å². The SMILES string of the molecule is CCCCCCCCCCOCCCCc1cc2cn([C@@H]3CC[C@H](CO)O3)c(=O)nc2o1. The van der Waals surface area contributed by atoms with Crippen LogP contribution in [-0.2, 0) is 15.9 Å². The van der Waals surface area contributed by atoms with Crippen LogP contribution in [0.25, 0.3) is 11.1 Å². The molecule has 7 heteroatoms. The Kier molecular flexibility index (Phi) is 10.7. The normalized spacial score (nSPS) is 18.7. The van der Waals surface area contributed by atoms with Crippen LogP contribution in [0.4, 0.5) is 0 Å². The molecule has 1 saturated heterocycles. The van der Waals surface area contributed by atoms with Crippen LogP contribution in [0.2, 0.25) is 0 Å². The lowest BCUT2D eigenvalue weighted by molar-refractivity contribution is -0.0243. The fraction of sp³-hybridized carbons (Fsp3) is 0.760. The van der Waals surface area contributed by atoms with Gasteiger partial charge in [-0.1, -0.05) is 51.9 Å². The van der Waals surface area contributed by atoms with Crippen LogP contribution in [0.15, 0.2) is 21.5 Å². The van der Waals surface area contributed by atoms with Gasteiger partial charge in [-0.2, -0.15) is 4.98 Å². The van der Waals surface area contributed by atoms with Gasteiger partial charge >= 0.3 is 5.69 Å². The van der Waals surface area contributed by atoms with Gasteiger partial charge in [-0.15, -0.1) is 0 Å². The molecule has 0 spiro atoms. The molecule has 2 aromatic rings. The molecule has 0 radical (unpaired) electrons. The number of hydrogen-bond donors (Lipinski definition) is 1. The molecule has 0 aliphatic carbocycles. The molecule has 0 saturated carbocycles. The van der Waals surface area contributed by atoms with E-state index in [0.717, 1.165) is 56.5 Å². The fourth-order valence-electron chi connectivity index (χ4n) is 4.28. The number of aromatic nitrogens is 2. The number of aliphatic hydroxyl groups excluding tert-OH is 1. The number of hydrogen-bond acceptors (Lipinski definition) is 6. The van der Waals surface area contributed by atoms with Crippen LogP contribution < -0.4 is 5.69 Å².